The second-order valence-electron chi connectivity index (χ2n) is 4.35. The van der Waals surface area contributed by atoms with Crippen LogP contribution in [0.5, 0.6) is 0 Å². The predicted octanol–water partition coefficient (Wildman–Crippen LogP) is 0.859. The number of anilines is 1. The highest BCUT2D eigenvalue weighted by atomic mass is 32.2. The number of aryl methyl sites for hydroxylation is 1. The lowest BCUT2D eigenvalue weighted by Crippen LogP contribution is -2.32. The number of aromatic carboxylic acids is 1. The average molecular weight is 300 g/mol. The van der Waals surface area contributed by atoms with E-state index in [1.54, 1.807) is 6.92 Å². The summed E-state index contributed by atoms with van der Waals surface area (Å²) in [6.07, 6.45) is 1.08. The van der Waals surface area contributed by atoms with Gasteiger partial charge >= 0.3 is 12.0 Å². The molecular formula is C12H16N2O5S. The maximum atomic E-state index is 11.5. The van der Waals surface area contributed by atoms with E-state index in [4.69, 9.17) is 5.11 Å². The number of hydrogen-bond donors (Lipinski definition) is 3. The molecule has 0 aliphatic heterocycles. The zero-order valence-corrected chi connectivity index (χ0v) is 12.0. The molecule has 7 nitrogen and oxygen atoms in total. The molecule has 0 radical (unpaired) electrons. The standard InChI is InChI=1S/C12H16N2O5S/c1-8-7-9(3-4-10(8)11(15)16)14-12(17)13-5-6-20(2,18)19/h3-4,7H,5-6H2,1-2H3,(H,15,16)(H2,13,14,17). The molecule has 0 aliphatic carbocycles. The molecule has 110 valence electrons. The van der Waals surface area contributed by atoms with Gasteiger partial charge in [-0.3, -0.25) is 0 Å². The van der Waals surface area contributed by atoms with Crippen LogP contribution in [0.15, 0.2) is 18.2 Å². The molecule has 1 rings (SSSR count). The van der Waals surface area contributed by atoms with Crippen LogP contribution in [0.25, 0.3) is 0 Å². The largest absolute Gasteiger partial charge is 0.478 e. The molecule has 3 N–H and O–H groups in total. The van der Waals surface area contributed by atoms with Crippen molar-refractivity contribution in [1.82, 2.24) is 5.32 Å². The summed E-state index contributed by atoms with van der Waals surface area (Å²) < 4.78 is 21.8. The van der Waals surface area contributed by atoms with E-state index >= 15 is 0 Å². The molecule has 0 saturated carbocycles. The Morgan fingerprint density at radius 2 is 1.95 bits per heavy atom. The van der Waals surface area contributed by atoms with Gasteiger partial charge in [0.25, 0.3) is 0 Å². The predicted molar refractivity (Wildman–Crippen MR) is 74.9 cm³/mol. The van der Waals surface area contributed by atoms with Crippen LogP contribution in [0.1, 0.15) is 15.9 Å². The van der Waals surface area contributed by atoms with Crippen LogP contribution in [0.3, 0.4) is 0 Å². The Hall–Kier alpha value is -2.09. The highest BCUT2D eigenvalue weighted by molar-refractivity contribution is 7.90. The molecule has 2 amide bonds. The monoisotopic (exact) mass is 300 g/mol. The first-order valence-corrected chi connectivity index (χ1v) is 7.81. The molecule has 1 aromatic rings. The molecular weight excluding hydrogens is 284 g/mol. The summed E-state index contributed by atoms with van der Waals surface area (Å²) in [5, 5.41) is 13.8. The summed E-state index contributed by atoms with van der Waals surface area (Å²) in [5.41, 5.74) is 1.11. The Morgan fingerprint density at radius 1 is 1.30 bits per heavy atom. The van der Waals surface area contributed by atoms with Crippen LogP contribution in [0.2, 0.25) is 0 Å². The van der Waals surface area contributed by atoms with Crippen LogP contribution in [-0.4, -0.2) is 44.1 Å². The summed E-state index contributed by atoms with van der Waals surface area (Å²) in [7, 11) is -3.12. The summed E-state index contributed by atoms with van der Waals surface area (Å²) in [5.74, 6) is -1.18. The highest BCUT2D eigenvalue weighted by Crippen LogP contribution is 2.15. The minimum atomic E-state index is -3.12. The van der Waals surface area contributed by atoms with E-state index in [-0.39, 0.29) is 17.9 Å². The third-order valence-electron chi connectivity index (χ3n) is 2.47. The fourth-order valence-electron chi connectivity index (χ4n) is 1.51. The van der Waals surface area contributed by atoms with Crippen LogP contribution in [-0.2, 0) is 9.84 Å². The van der Waals surface area contributed by atoms with Crippen LogP contribution < -0.4 is 10.6 Å². The second kappa shape index (κ2) is 6.38. The maximum absolute atomic E-state index is 11.5. The number of rotatable bonds is 5. The average Bonchev–Trinajstić information content (AvgIpc) is 2.26. The molecule has 0 unspecified atom stereocenters. The molecule has 20 heavy (non-hydrogen) atoms. The zero-order valence-electron chi connectivity index (χ0n) is 11.1. The highest BCUT2D eigenvalue weighted by Gasteiger charge is 2.09. The van der Waals surface area contributed by atoms with Gasteiger partial charge in [0.15, 0.2) is 0 Å². The first kappa shape index (κ1) is 16.0. The van der Waals surface area contributed by atoms with Gasteiger partial charge in [-0.05, 0) is 30.7 Å². The van der Waals surface area contributed by atoms with Crippen LogP contribution in [0, 0.1) is 6.92 Å². The lowest BCUT2D eigenvalue weighted by molar-refractivity contribution is 0.0696. The Labute approximate surface area is 116 Å². The number of benzene rings is 1. The molecule has 0 fully saturated rings. The van der Waals surface area contributed by atoms with E-state index < -0.39 is 21.8 Å². The van der Waals surface area contributed by atoms with Crippen molar-refractivity contribution in [2.75, 3.05) is 23.9 Å². The third kappa shape index (κ3) is 5.27. The molecule has 0 atom stereocenters. The van der Waals surface area contributed by atoms with Crippen LogP contribution >= 0.6 is 0 Å². The van der Waals surface area contributed by atoms with Crippen LogP contribution in [0.4, 0.5) is 10.5 Å². The minimum Gasteiger partial charge on any atom is -0.478 e. The summed E-state index contributed by atoms with van der Waals surface area (Å²) >= 11 is 0. The SMILES string of the molecule is Cc1cc(NC(=O)NCCS(C)(=O)=O)ccc1C(=O)O. The quantitative estimate of drug-likeness (QED) is 0.746. The van der Waals surface area contributed by atoms with Crippen molar-refractivity contribution in [2.24, 2.45) is 0 Å². The van der Waals surface area contributed by atoms with E-state index in [1.807, 2.05) is 0 Å². The number of carbonyl (C=O) groups is 2. The molecule has 0 aromatic heterocycles. The van der Waals surface area contributed by atoms with Crippen molar-refractivity contribution in [3.63, 3.8) is 0 Å². The Balaban J connectivity index is 2.59. The molecule has 8 heteroatoms. The smallest absolute Gasteiger partial charge is 0.335 e. The number of carbonyl (C=O) groups excluding carboxylic acids is 1. The minimum absolute atomic E-state index is 0.0108. The Bertz CT molecular complexity index is 625. The first-order chi connectivity index (χ1) is 9.19. The van der Waals surface area contributed by atoms with E-state index in [1.165, 1.54) is 18.2 Å². The van der Waals surface area contributed by atoms with Gasteiger partial charge in [0.1, 0.15) is 9.84 Å². The summed E-state index contributed by atoms with van der Waals surface area (Å²) in [6.45, 7) is 1.63. The molecule has 0 spiro atoms. The van der Waals surface area contributed by atoms with Crippen molar-refractivity contribution in [2.45, 2.75) is 6.92 Å². The van der Waals surface area contributed by atoms with Gasteiger partial charge in [-0.1, -0.05) is 0 Å². The summed E-state index contributed by atoms with van der Waals surface area (Å²) in [4.78, 5) is 22.3. The van der Waals surface area contributed by atoms with Gasteiger partial charge < -0.3 is 15.7 Å². The number of urea groups is 1. The zero-order chi connectivity index (χ0) is 15.3. The number of hydrogen-bond acceptors (Lipinski definition) is 4. The van der Waals surface area contributed by atoms with Crippen molar-refractivity contribution >= 4 is 27.5 Å². The van der Waals surface area contributed by atoms with Gasteiger partial charge in [-0.2, -0.15) is 0 Å². The normalized spacial score (nSPS) is 10.9. The van der Waals surface area contributed by atoms with Gasteiger partial charge in [0.05, 0.1) is 11.3 Å². The van der Waals surface area contributed by atoms with Crippen molar-refractivity contribution in [3.05, 3.63) is 29.3 Å². The fourth-order valence-corrected chi connectivity index (χ4v) is 1.98. The van der Waals surface area contributed by atoms with Crippen molar-refractivity contribution in [1.29, 1.82) is 0 Å². The number of amides is 2. The second-order valence-corrected chi connectivity index (χ2v) is 6.61. The van der Waals surface area contributed by atoms with E-state index in [2.05, 4.69) is 10.6 Å². The number of carboxylic acids is 1. The van der Waals surface area contributed by atoms with Gasteiger partial charge in [-0.15, -0.1) is 0 Å². The molecule has 0 bridgehead atoms. The number of carboxylic acid groups (broad SMARTS) is 1. The van der Waals surface area contributed by atoms with Crippen molar-refractivity contribution < 1.29 is 23.1 Å². The first-order valence-electron chi connectivity index (χ1n) is 5.75. The third-order valence-corrected chi connectivity index (χ3v) is 3.42. The fraction of sp³-hybridized carbons (Fsp3) is 0.333. The Morgan fingerprint density at radius 3 is 2.45 bits per heavy atom. The lowest BCUT2D eigenvalue weighted by atomic mass is 10.1. The van der Waals surface area contributed by atoms with Crippen molar-refractivity contribution in [3.8, 4) is 0 Å². The van der Waals surface area contributed by atoms with Gasteiger partial charge in [0.2, 0.25) is 0 Å². The summed E-state index contributed by atoms with van der Waals surface area (Å²) in [6, 6.07) is 3.84. The molecule has 0 saturated heterocycles. The Kier molecular flexibility index (Phi) is 5.09. The van der Waals surface area contributed by atoms with E-state index in [9.17, 15) is 18.0 Å². The maximum Gasteiger partial charge on any atom is 0.335 e. The van der Waals surface area contributed by atoms with E-state index in [0.29, 0.717) is 11.3 Å². The molecule has 0 aliphatic rings. The number of sulfone groups is 1. The number of nitrogens with one attached hydrogen (secondary N) is 2. The van der Waals surface area contributed by atoms with Gasteiger partial charge in [0, 0.05) is 18.5 Å². The topological polar surface area (TPSA) is 113 Å². The lowest BCUT2D eigenvalue weighted by Gasteiger charge is -2.09. The molecule has 0 heterocycles. The molecule has 1 aromatic carbocycles. The van der Waals surface area contributed by atoms with E-state index in [0.717, 1.165) is 6.26 Å². The van der Waals surface area contributed by atoms with Gasteiger partial charge in [-0.25, -0.2) is 18.0 Å².